The summed E-state index contributed by atoms with van der Waals surface area (Å²) in [5.41, 5.74) is 0.217. The number of nitrogens with zero attached hydrogens (tertiary/aromatic N) is 4. The number of ether oxygens (including phenoxy) is 2. The second kappa shape index (κ2) is 8.39. The zero-order valence-corrected chi connectivity index (χ0v) is 20.0. The Balaban J connectivity index is 1.55. The van der Waals surface area contributed by atoms with E-state index in [-0.39, 0.29) is 34.7 Å². The SMILES string of the molecule is CC(C)n1c(C(C)(C)O)nc2c(F)cc(-c3nc(NC4C[C@H]5CO[C@H](O5)[C@H]4O)ncc3Cl)cc21. The third kappa shape index (κ3) is 4.03. The van der Waals surface area contributed by atoms with Crippen LogP contribution < -0.4 is 5.32 Å². The molecule has 1 unspecified atom stereocenters. The van der Waals surface area contributed by atoms with Gasteiger partial charge in [0.2, 0.25) is 5.95 Å². The molecule has 2 saturated heterocycles. The van der Waals surface area contributed by atoms with Crippen molar-refractivity contribution >= 4 is 28.6 Å². The molecule has 2 aliphatic heterocycles. The van der Waals surface area contributed by atoms with Crippen molar-refractivity contribution in [3.63, 3.8) is 0 Å². The van der Waals surface area contributed by atoms with Gasteiger partial charge in [-0.15, -0.1) is 0 Å². The van der Waals surface area contributed by atoms with Crippen molar-refractivity contribution in [2.24, 2.45) is 0 Å². The van der Waals surface area contributed by atoms with Gasteiger partial charge in [-0.05, 0) is 46.2 Å². The summed E-state index contributed by atoms with van der Waals surface area (Å²) < 4.78 is 28.0. The van der Waals surface area contributed by atoms with E-state index in [4.69, 9.17) is 21.1 Å². The van der Waals surface area contributed by atoms with Crippen molar-refractivity contribution in [3.05, 3.63) is 35.0 Å². The van der Waals surface area contributed by atoms with Crippen LogP contribution in [-0.4, -0.2) is 60.9 Å². The Kier molecular flexibility index (Phi) is 5.77. The number of aromatic nitrogens is 4. The summed E-state index contributed by atoms with van der Waals surface area (Å²) in [6.07, 6.45) is 0.312. The normalized spacial score (nSPS) is 24.9. The highest BCUT2D eigenvalue weighted by atomic mass is 35.5. The highest BCUT2D eigenvalue weighted by Crippen LogP contribution is 2.35. The Morgan fingerprint density at radius 3 is 2.76 bits per heavy atom. The maximum absolute atomic E-state index is 15.2. The Bertz CT molecular complexity index is 1240. The number of benzene rings is 1. The van der Waals surface area contributed by atoms with Crippen LogP contribution in [0.4, 0.5) is 10.3 Å². The highest BCUT2D eigenvalue weighted by Gasteiger charge is 2.43. The van der Waals surface area contributed by atoms with E-state index in [1.54, 1.807) is 19.9 Å². The molecule has 5 rings (SSSR count). The molecule has 3 aromatic rings. The topological polar surface area (TPSA) is 115 Å². The number of aliphatic hydroxyl groups excluding tert-OH is 1. The summed E-state index contributed by atoms with van der Waals surface area (Å²) in [5, 5.41) is 24.5. The molecule has 0 spiro atoms. The first-order valence-corrected chi connectivity index (χ1v) is 11.6. The smallest absolute Gasteiger partial charge is 0.223 e. The second-order valence-electron chi connectivity index (χ2n) is 9.61. The molecular formula is C23H27ClFN5O4. The molecule has 182 valence electrons. The number of rotatable bonds is 5. The second-order valence-corrected chi connectivity index (χ2v) is 10.0. The summed E-state index contributed by atoms with van der Waals surface area (Å²) in [6.45, 7) is 7.55. The fraction of sp³-hybridized carbons (Fsp3) is 0.522. The molecule has 9 nitrogen and oxygen atoms in total. The van der Waals surface area contributed by atoms with Gasteiger partial charge in [0.1, 0.15) is 23.0 Å². The highest BCUT2D eigenvalue weighted by molar-refractivity contribution is 6.33. The predicted molar refractivity (Wildman–Crippen MR) is 124 cm³/mol. The third-order valence-corrected chi connectivity index (χ3v) is 6.40. The van der Waals surface area contributed by atoms with Crippen LogP contribution >= 0.6 is 11.6 Å². The minimum atomic E-state index is -1.26. The van der Waals surface area contributed by atoms with Crippen molar-refractivity contribution in [3.8, 4) is 11.3 Å². The Labute approximate surface area is 200 Å². The molecule has 2 aromatic heterocycles. The first kappa shape index (κ1) is 23.4. The van der Waals surface area contributed by atoms with E-state index < -0.39 is 23.8 Å². The van der Waals surface area contributed by atoms with Gasteiger partial charge in [0, 0.05) is 11.6 Å². The van der Waals surface area contributed by atoms with Crippen molar-refractivity contribution in [1.29, 1.82) is 0 Å². The number of halogens is 2. The quantitative estimate of drug-likeness (QED) is 0.497. The lowest BCUT2D eigenvalue weighted by Crippen LogP contribution is -2.48. The van der Waals surface area contributed by atoms with Gasteiger partial charge in [-0.1, -0.05) is 11.6 Å². The fourth-order valence-corrected chi connectivity index (χ4v) is 4.78. The van der Waals surface area contributed by atoms with Gasteiger partial charge in [-0.2, -0.15) is 0 Å². The molecule has 0 amide bonds. The molecule has 4 atom stereocenters. The maximum atomic E-state index is 15.2. The number of hydrogen-bond donors (Lipinski definition) is 3. The third-order valence-electron chi connectivity index (χ3n) is 6.13. The van der Waals surface area contributed by atoms with E-state index in [1.807, 2.05) is 18.4 Å². The average molecular weight is 492 g/mol. The molecule has 34 heavy (non-hydrogen) atoms. The van der Waals surface area contributed by atoms with Crippen LogP contribution in [0, 0.1) is 5.82 Å². The van der Waals surface area contributed by atoms with E-state index in [2.05, 4.69) is 20.3 Å². The summed E-state index contributed by atoms with van der Waals surface area (Å²) >= 11 is 6.42. The molecular weight excluding hydrogens is 465 g/mol. The number of anilines is 1. The van der Waals surface area contributed by atoms with Crippen molar-refractivity contribution in [2.45, 2.75) is 70.3 Å². The summed E-state index contributed by atoms with van der Waals surface area (Å²) in [4.78, 5) is 13.2. The van der Waals surface area contributed by atoms with Crippen LogP contribution in [0.15, 0.2) is 18.3 Å². The van der Waals surface area contributed by atoms with Gasteiger partial charge in [0.25, 0.3) is 0 Å². The standard InChI is InChI=1S/C23H27ClFN5O4/c1-10(2)30-16-6-11(5-14(25)18(16)28-21(30)23(3,4)32)17-13(24)8-26-22(29-17)27-15-7-12-9-33-20(34-12)19(15)31/h5-6,8,10,12,15,19-20,31-32H,7,9H2,1-4H3,(H,26,27,29)/t12-,15?,19-,20+/m0/s1. The van der Waals surface area contributed by atoms with Crippen molar-refractivity contribution in [2.75, 3.05) is 11.9 Å². The van der Waals surface area contributed by atoms with Gasteiger partial charge < -0.3 is 29.6 Å². The summed E-state index contributed by atoms with van der Waals surface area (Å²) in [7, 11) is 0. The Morgan fingerprint density at radius 2 is 2.06 bits per heavy atom. The Morgan fingerprint density at radius 1 is 1.29 bits per heavy atom. The van der Waals surface area contributed by atoms with E-state index in [1.165, 1.54) is 12.3 Å². The molecule has 2 bridgehead atoms. The Hall–Kier alpha value is -2.37. The van der Waals surface area contributed by atoms with Crippen LogP contribution in [-0.2, 0) is 15.1 Å². The fourth-order valence-electron chi connectivity index (χ4n) is 4.58. The van der Waals surface area contributed by atoms with E-state index >= 15 is 4.39 Å². The monoisotopic (exact) mass is 491 g/mol. The number of nitrogens with one attached hydrogen (secondary N) is 1. The number of aliphatic hydroxyl groups is 2. The van der Waals surface area contributed by atoms with Crippen LogP contribution in [0.25, 0.3) is 22.3 Å². The van der Waals surface area contributed by atoms with Gasteiger partial charge in [0.15, 0.2) is 12.1 Å². The zero-order valence-electron chi connectivity index (χ0n) is 19.3. The molecule has 11 heteroatoms. The molecule has 0 saturated carbocycles. The maximum Gasteiger partial charge on any atom is 0.223 e. The first-order chi connectivity index (χ1) is 16.0. The van der Waals surface area contributed by atoms with Crippen LogP contribution in [0.3, 0.4) is 0 Å². The van der Waals surface area contributed by atoms with Gasteiger partial charge in [-0.25, -0.2) is 19.3 Å². The van der Waals surface area contributed by atoms with Gasteiger partial charge in [-0.3, -0.25) is 0 Å². The van der Waals surface area contributed by atoms with Crippen LogP contribution in [0.2, 0.25) is 5.02 Å². The molecule has 0 aliphatic carbocycles. The molecule has 1 aromatic carbocycles. The molecule has 0 radical (unpaired) electrons. The van der Waals surface area contributed by atoms with Gasteiger partial charge >= 0.3 is 0 Å². The molecule has 4 heterocycles. The van der Waals surface area contributed by atoms with Crippen molar-refractivity contribution in [1.82, 2.24) is 19.5 Å². The first-order valence-electron chi connectivity index (χ1n) is 11.2. The number of imidazole rings is 1. The van der Waals surface area contributed by atoms with Gasteiger partial charge in [0.05, 0.1) is 41.2 Å². The van der Waals surface area contributed by atoms with E-state index in [0.29, 0.717) is 35.6 Å². The number of fused-ring (bicyclic) bond motifs is 3. The van der Waals surface area contributed by atoms with E-state index in [0.717, 1.165) is 0 Å². The van der Waals surface area contributed by atoms with Crippen molar-refractivity contribution < 1.29 is 24.1 Å². The number of hydrogen-bond acceptors (Lipinski definition) is 8. The molecule has 2 fully saturated rings. The predicted octanol–water partition coefficient (Wildman–Crippen LogP) is 3.38. The molecule has 3 N–H and O–H groups in total. The van der Waals surface area contributed by atoms with Crippen LogP contribution in [0.5, 0.6) is 0 Å². The van der Waals surface area contributed by atoms with E-state index in [9.17, 15) is 10.2 Å². The average Bonchev–Trinajstić information content (AvgIpc) is 3.35. The lowest BCUT2D eigenvalue weighted by Gasteiger charge is -2.32. The lowest BCUT2D eigenvalue weighted by molar-refractivity contribution is -0.156. The lowest BCUT2D eigenvalue weighted by atomic mass is 10.0. The summed E-state index contributed by atoms with van der Waals surface area (Å²) in [6, 6.07) is 2.64. The summed E-state index contributed by atoms with van der Waals surface area (Å²) in [5.74, 6) is 0.0741. The minimum absolute atomic E-state index is 0.0771. The zero-order chi connectivity index (χ0) is 24.4. The molecule has 2 aliphatic rings. The largest absolute Gasteiger partial charge is 0.386 e. The minimum Gasteiger partial charge on any atom is -0.386 e. The van der Waals surface area contributed by atoms with Crippen LogP contribution in [0.1, 0.15) is 46.0 Å².